The van der Waals surface area contributed by atoms with E-state index in [0.717, 1.165) is 6.29 Å². The molecule has 0 aromatic heterocycles. The maximum Gasteiger partial charge on any atom is 0.150 e. The summed E-state index contributed by atoms with van der Waals surface area (Å²) in [4.78, 5) is 10.7. The first-order valence-corrected chi connectivity index (χ1v) is 5.13. The lowest BCUT2D eigenvalue weighted by Crippen LogP contribution is -1.85. The highest BCUT2D eigenvalue weighted by Crippen LogP contribution is 2.34. The van der Waals surface area contributed by atoms with Crippen LogP contribution in [0.5, 0.6) is 5.75 Å². The van der Waals surface area contributed by atoms with Crippen LogP contribution in [-0.2, 0) is 0 Å². The molecule has 2 aromatic rings. The van der Waals surface area contributed by atoms with E-state index in [4.69, 9.17) is 11.6 Å². The molecule has 0 saturated heterocycles. The second-order valence-electron chi connectivity index (χ2n) is 3.37. The third-order valence-corrected chi connectivity index (χ3v) is 2.65. The lowest BCUT2D eigenvalue weighted by Gasteiger charge is -2.07. The molecule has 2 aromatic carbocycles. The van der Waals surface area contributed by atoms with E-state index in [2.05, 4.69) is 0 Å². The van der Waals surface area contributed by atoms with Crippen LogP contribution in [0.1, 0.15) is 10.4 Å². The van der Waals surface area contributed by atoms with Crippen molar-refractivity contribution in [1.82, 2.24) is 0 Å². The minimum absolute atomic E-state index is 0.146. The van der Waals surface area contributed by atoms with Crippen molar-refractivity contribution in [2.75, 3.05) is 0 Å². The SMILES string of the molecule is O=Cc1ccc(Cl)c(-c2ccccc2O)c1. The van der Waals surface area contributed by atoms with Gasteiger partial charge in [0.15, 0.2) is 0 Å². The lowest BCUT2D eigenvalue weighted by molar-refractivity contribution is 0.112. The van der Waals surface area contributed by atoms with E-state index in [1.165, 1.54) is 0 Å². The molecule has 0 unspecified atom stereocenters. The number of halogens is 1. The molecule has 0 spiro atoms. The van der Waals surface area contributed by atoms with Gasteiger partial charge in [0.05, 0.1) is 0 Å². The Labute approximate surface area is 98.1 Å². The topological polar surface area (TPSA) is 37.3 Å². The number of hydrogen-bond acceptors (Lipinski definition) is 2. The predicted octanol–water partition coefficient (Wildman–Crippen LogP) is 3.53. The van der Waals surface area contributed by atoms with Crippen LogP contribution >= 0.6 is 11.6 Å². The van der Waals surface area contributed by atoms with E-state index in [0.29, 0.717) is 21.7 Å². The molecule has 80 valence electrons. The van der Waals surface area contributed by atoms with Crippen molar-refractivity contribution in [3.05, 3.63) is 53.1 Å². The maximum absolute atomic E-state index is 10.7. The van der Waals surface area contributed by atoms with Crippen LogP contribution < -0.4 is 0 Å². The van der Waals surface area contributed by atoms with Crippen LogP contribution in [0.15, 0.2) is 42.5 Å². The van der Waals surface area contributed by atoms with Gasteiger partial charge in [0.1, 0.15) is 12.0 Å². The molecule has 0 aliphatic carbocycles. The van der Waals surface area contributed by atoms with Gasteiger partial charge in [-0.15, -0.1) is 0 Å². The lowest BCUT2D eigenvalue weighted by atomic mass is 10.0. The molecule has 0 atom stereocenters. The maximum atomic E-state index is 10.7. The van der Waals surface area contributed by atoms with Gasteiger partial charge in [-0.3, -0.25) is 4.79 Å². The molecule has 0 aliphatic rings. The molecule has 0 bridgehead atoms. The number of phenols is 1. The van der Waals surface area contributed by atoms with Gasteiger partial charge in [0, 0.05) is 21.7 Å². The van der Waals surface area contributed by atoms with Crippen LogP contribution in [0.4, 0.5) is 0 Å². The Kier molecular flexibility index (Phi) is 2.93. The zero-order chi connectivity index (χ0) is 11.5. The standard InChI is InChI=1S/C13H9ClO2/c14-12-6-5-9(8-15)7-11(12)10-3-1-2-4-13(10)16/h1-8,16H. The van der Waals surface area contributed by atoms with E-state index < -0.39 is 0 Å². The Balaban J connectivity index is 2.63. The van der Waals surface area contributed by atoms with E-state index in [1.807, 2.05) is 0 Å². The van der Waals surface area contributed by atoms with Gasteiger partial charge in [-0.25, -0.2) is 0 Å². The number of phenolic OH excluding ortho intramolecular Hbond substituents is 1. The molecule has 0 radical (unpaired) electrons. The van der Waals surface area contributed by atoms with Crippen molar-refractivity contribution in [2.24, 2.45) is 0 Å². The summed E-state index contributed by atoms with van der Waals surface area (Å²) in [6.07, 6.45) is 0.750. The summed E-state index contributed by atoms with van der Waals surface area (Å²) in [5.41, 5.74) is 1.81. The van der Waals surface area contributed by atoms with E-state index in [1.54, 1.807) is 42.5 Å². The number of aldehydes is 1. The zero-order valence-corrected chi connectivity index (χ0v) is 9.11. The minimum Gasteiger partial charge on any atom is -0.507 e. The van der Waals surface area contributed by atoms with Crippen LogP contribution in [0.2, 0.25) is 5.02 Å². The van der Waals surface area contributed by atoms with Gasteiger partial charge in [-0.05, 0) is 18.2 Å². The fourth-order valence-corrected chi connectivity index (χ4v) is 1.74. The quantitative estimate of drug-likeness (QED) is 0.805. The molecular formula is C13H9ClO2. The van der Waals surface area contributed by atoms with Gasteiger partial charge in [-0.1, -0.05) is 35.9 Å². The summed E-state index contributed by atoms with van der Waals surface area (Å²) in [5, 5.41) is 10.2. The van der Waals surface area contributed by atoms with Crippen molar-refractivity contribution in [1.29, 1.82) is 0 Å². The van der Waals surface area contributed by atoms with Crippen LogP contribution in [0.3, 0.4) is 0 Å². The summed E-state index contributed by atoms with van der Waals surface area (Å²) < 4.78 is 0. The molecule has 0 fully saturated rings. The van der Waals surface area contributed by atoms with Crippen molar-refractivity contribution in [3.8, 4) is 16.9 Å². The minimum atomic E-state index is 0.146. The summed E-state index contributed by atoms with van der Waals surface area (Å²) in [6.45, 7) is 0. The van der Waals surface area contributed by atoms with Crippen molar-refractivity contribution in [3.63, 3.8) is 0 Å². The molecular weight excluding hydrogens is 224 g/mol. The first-order valence-electron chi connectivity index (χ1n) is 4.75. The van der Waals surface area contributed by atoms with Gasteiger partial charge in [0.2, 0.25) is 0 Å². The molecule has 0 heterocycles. The van der Waals surface area contributed by atoms with Crippen molar-refractivity contribution in [2.45, 2.75) is 0 Å². The second kappa shape index (κ2) is 4.37. The third-order valence-electron chi connectivity index (χ3n) is 2.32. The number of hydrogen-bond donors (Lipinski definition) is 1. The summed E-state index contributed by atoms with van der Waals surface area (Å²) >= 11 is 6.03. The fraction of sp³-hybridized carbons (Fsp3) is 0. The first-order chi connectivity index (χ1) is 7.72. The van der Waals surface area contributed by atoms with Crippen molar-refractivity contribution >= 4 is 17.9 Å². The molecule has 3 heteroatoms. The summed E-state index contributed by atoms with van der Waals surface area (Å²) in [5.74, 6) is 0.146. The first kappa shape index (κ1) is 10.7. The molecule has 2 rings (SSSR count). The molecule has 0 amide bonds. The number of carbonyl (C=O) groups excluding carboxylic acids is 1. The number of aromatic hydroxyl groups is 1. The number of carbonyl (C=O) groups is 1. The Morgan fingerprint density at radius 3 is 2.50 bits per heavy atom. The molecule has 1 N–H and O–H groups in total. The van der Waals surface area contributed by atoms with Crippen LogP contribution in [-0.4, -0.2) is 11.4 Å². The summed E-state index contributed by atoms with van der Waals surface area (Å²) in [7, 11) is 0. The van der Waals surface area contributed by atoms with Gasteiger partial charge >= 0.3 is 0 Å². The zero-order valence-electron chi connectivity index (χ0n) is 8.35. The normalized spacial score (nSPS) is 10.1. The Morgan fingerprint density at radius 1 is 1.06 bits per heavy atom. The van der Waals surface area contributed by atoms with E-state index in [-0.39, 0.29) is 5.75 Å². The average Bonchev–Trinajstić information content (AvgIpc) is 2.31. The van der Waals surface area contributed by atoms with Crippen molar-refractivity contribution < 1.29 is 9.90 Å². The average molecular weight is 233 g/mol. The monoisotopic (exact) mass is 232 g/mol. The second-order valence-corrected chi connectivity index (χ2v) is 3.78. The van der Waals surface area contributed by atoms with Gasteiger partial charge in [-0.2, -0.15) is 0 Å². The van der Waals surface area contributed by atoms with Crippen LogP contribution in [0.25, 0.3) is 11.1 Å². The Hall–Kier alpha value is -1.80. The van der Waals surface area contributed by atoms with Gasteiger partial charge in [0.25, 0.3) is 0 Å². The molecule has 0 saturated carbocycles. The molecule has 16 heavy (non-hydrogen) atoms. The highest BCUT2D eigenvalue weighted by atomic mass is 35.5. The van der Waals surface area contributed by atoms with E-state index in [9.17, 15) is 9.90 Å². The third kappa shape index (κ3) is 1.92. The smallest absolute Gasteiger partial charge is 0.150 e. The number of rotatable bonds is 2. The predicted molar refractivity (Wildman–Crippen MR) is 63.9 cm³/mol. The van der Waals surface area contributed by atoms with Gasteiger partial charge < -0.3 is 5.11 Å². The number of para-hydroxylation sites is 1. The largest absolute Gasteiger partial charge is 0.507 e. The number of benzene rings is 2. The fourth-order valence-electron chi connectivity index (χ4n) is 1.52. The summed E-state index contributed by atoms with van der Waals surface area (Å²) in [6, 6.07) is 11.8. The van der Waals surface area contributed by atoms with Crippen LogP contribution in [0, 0.1) is 0 Å². The Morgan fingerprint density at radius 2 is 1.81 bits per heavy atom. The Bertz CT molecular complexity index is 535. The van der Waals surface area contributed by atoms with E-state index >= 15 is 0 Å². The molecule has 2 nitrogen and oxygen atoms in total. The highest BCUT2D eigenvalue weighted by molar-refractivity contribution is 6.33. The highest BCUT2D eigenvalue weighted by Gasteiger charge is 2.08. The molecule has 0 aliphatic heterocycles.